The van der Waals surface area contributed by atoms with E-state index in [1.165, 1.54) is 17.3 Å². The van der Waals surface area contributed by atoms with Gasteiger partial charge in [-0.25, -0.2) is 0 Å². The molecule has 0 saturated carbocycles. The molecule has 1 fully saturated rings. The monoisotopic (exact) mass is 488 g/mol. The average molecular weight is 489 g/mol. The van der Waals surface area contributed by atoms with Crippen molar-refractivity contribution < 1.29 is 13.9 Å². The first-order valence-corrected chi connectivity index (χ1v) is 12.8. The zero-order valence-electron chi connectivity index (χ0n) is 19.7. The molecule has 0 atom stereocenters. The number of carbonyl (C=O) groups is 1. The molecule has 1 aliphatic rings. The Morgan fingerprint density at radius 3 is 2.54 bits per heavy atom. The van der Waals surface area contributed by atoms with Crippen LogP contribution in [-0.4, -0.2) is 51.5 Å². The number of benzene rings is 2. The number of carbonyl (C=O) groups excluding carboxylic acids is 1. The van der Waals surface area contributed by atoms with E-state index < -0.39 is 0 Å². The van der Waals surface area contributed by atoms with E-state index in [-0.39, 0.29) is 5.91 Å². The normalized spacial score (nSPS) is 14.3. The van der Waals surface area contributed by atoms with Gasteiger partial charge in [0.05, 0.1) is 24.8 Å². The van der Waals surface area contributed by atoms with Crippen molar-refractivity contribution in [2.75, 3.05) is 26.0 Å². The van der Waals surface area contributed by atoms with Gasteiger partial charge in [-0.15, -0.1) is 10.2 Å². The molecule has 2 aromatic heterocycles. The van der Waals surface area contributed by atoms with E-state index in [1.54, 1.807) is 13.4 Å². The highest BCUT2D eigenvalue weighted by Crippen LogP contribution is 2.33. The predicted octanol–water partition coefficient (Wildman–Crippen LogP) is 5.11. The van der Waals surface area contributed by atoms with Gasteiger partial charge in [0, 0.05) is 13.1 Å². The number of piperidine rings is 1. The van der Waals surface area contributed by atoms with Crippen LogP contribution in [0.25, 0.3) is 17.3 Å². The van der Waals surface area contributed by atoms with E-state index >= 15 is 0 Å². The van der Waals surface area contributed by atoms with Crippen LogP contribution < -0.4 is 4.74 Å². The van der Waals surface area contributed by atoms with Crippen LogP contribution in [0.3, 0.4) is 0 Å². The van der Waals surface area contributed by atoms with Gasteiger partial charge in [0.1, 0.15) is 5.75 Å². The Morgan fingerprint density at radius 1 is 1.03 bits per heavy atom. The Bertz CT molecular complexity index is 1250. The molecule has 1 aliphatic heterocycles. The third-order valence-corrected chi connectivity index (χ3v) is 7.27. The average Bonchev–Trinajstić information content (AvgIpc) is 3.58. The first kappa shape index (κ1) is 23.2. The quantitative estimate of drug-likeness (QED) is 0.321. The van der Waals surface area contributed by atoms with Gasteiger partial charge in [-0.1, -0.05) is 54.2 Å². The Labute approximate surface area is 209 Å². The maximum absolute atomic E-state index is 13.0. The minimum Gasteiger partial charge on any atom is -0.495 e. The van der Waals surface area contributed by atoms with Crippen molar-refractivity contribution in [1.29, 1.82) is 0 Å². The molecule has 2 aromatic carbocycles. The second kappa shape index (κ2) is 10.8. The summed E-state index contributed by atoms with van der Waals surface area (Å²) in [5.74, 6) is 2.90. The smallest absolute Gasteiger partial charge is 0.233 e. The van der Waals surface area contributed by atoms with E-state index in [1.807, 2.05) is 45.9 Å². The molecule has 8 heteroatoms. The summed E-state index contributed by atoms with van der Waals surface area (Å²) in [6, 6.07) is 21.9. The first-order chi connectivity index (χ1) is 17.2. The summed E-state index contributed by atoms with van der Waals surface area (Å²) in [6.45, 7) is 1.60. The Morgan fingerprint density at radius 2 is 1.80 bits per heavy atom. The van der Waals surface area contributed by atoms with Gasteiger partial charge in [0.2, 0.25) is 11.7 Å². The van der Waals surface area contributed by atoms with Crippen LogP contribution in [0.1, 0.15) is 18.4 Å². The topological polar surface area (TPSA) is 73.4 Å². The zero-order valence-corrected chi connectivity index (χ0v) is 20.5. The summed E-state index contributed by atoms with van der Waals surface area (Å²) in [7, 11) is 1.63. The van der Waals surface area contributed by atoms with Crippen molar-refractivity contribution in [3.05, 3.63) is 78.6 Å². The number of thioether (sulfide) groups is 1. The molecule has 0 unspecified atom stereocenters. The molecular weight excluding hydrogens is 460 g/mol. The van der Waals surface area contributed by atoms with Gasteiger partial charge < -0.3 is 14.1 Å². The number of rotatable bonds is 8. The van der Waals surface area contributed by atoms with Crippen LogP contribution in [0.15, 0.2) is 82.6 Å². The first-order valence-electron chi connectivity index (χ1n) is 11.8. The summed E-state index contributed by atoms with van der Waals surface area (Å²) < 4.78 is 13.1. The summed E-state index contributed by atoms with van der Waals surface area (Å²) in [5, 5.41) is 9.38. The highest BCUT2D eigenvalue weighted by Gasteiger charge is 2.25. The van der Waals surface area contributed by atoms with Crippen molar-refractivity contribution in [1.82, 2.24) is 19.7 Å². The molecule has 5 rings (SSSR count). The number of likely N-dealkylation sites (tertiary alicyclic amines) is 1. The van der Waals surface area contributed by atoms with E-state index in [9.17, 15) is 4.79 Å². The van der Waals surface area contributed by atoms with Gasteiger partial charge in [0.15, 0.2) is 10.9 Å². The highest BCUT2D eigenvalue weighted by atomic mass is 32.2. The van der Waals surface area contributed by atoms with Crippen LogP contribution in [0.4, 0.5) is 0 Å². The van der Waals surface area contributed by atoms with E-state index in [0.29, 0.717) is 34.2 Å². The third-order valence-electron chi connectivity index (χ3n) is 6.36. The predicted molar refractivity (Wildman–Crippen MR) is 136 cm³/mol. The lowest BCUT2D eigenvalue weighted by atomic mass is 9.90. The van der Waals surface area contributed by atoms with Gasteiger partial charge in [-0.3, -0.25) is 9.36 Å². The molecular formula is C27H28N4O3S. The SMILES string of the molecule is COc1ccccc1-n1c(SCC(=O)N2CCC(Cc3ccccc3)CC2)nnc1-c1ccco1. The van der Waals surface area contributed by atoms with Gasteiger partial charge in [-0.05, 0) is 55.0 Å². The van der Waals surface area contributed by atoms with Crippen molar-refractivity contribution in [3.63, 3.8) is 0 Å². The Kier molecular flexibility index (Phi) is 7.18. The molecule has 35 heavy (non-hydrogen) atoms. The number of furan rings is 1. The molecule has 7 nitrogen and oxygen atoms in total. The molecule has 180 valence electrons. The molecule has 0 spiro atoms. The van der Waals surface area contributed by atoms with E-state index in [4.69, 9.17) is 9.15 Å². The molecule has 4 aromatic rings. The number of para-hydroxylation sites is 2. The number of amides is 1. The fourth-order valence-corrected chi connectivity index (χ4v) is 5.36. The lowest BCUT2D eigenvalue weighted by molar-refractivity contribution is -0.129. The van der Waals surface area contributed by atoms with Gasteiger partial charge in [-0.2, -0.15) is 0 Å². The minimum absolute atomic E-state index is 0.127. The molecule has 0 N–H and O–H groups in total. The highest BCUT2D eigenvalue weighted by molar-refractivity contribution is 7.99. The summed E-state index contributed by atoms with van der Waals surface area (Å²) in [4.78, 5) is 15.0. The Balaban J connectivity index is 1.26. The fourth-order valence-electron chi connectivity index (χ4n) is 4.51. The lowest BCUT2D eigenvalue weighted by Gasteiger charge is -2.32. The summed E-state index contributed by atoms with van der Waals surface area (Å²) in [5.41, 5.74) is 2.17. The van der Waals surface area contributed by atoms with Crippen molar-refractivity contribution in [2.45, 2.75) is 24.4 Å². The standard InChI is InChI=1S/C27H28N4O3S/c1-33-23-11-6-5-10-22(23)31-26(24-12-7-17-34-24)28-29-27(31)35-19-25(32)30-15-13-21(14-16-30)18-20-8-3-2-4-9-20/h2-12,17,21H,13-16,18-19H2,1H3. The summed E-state index contributed by atoms with van der Waals surface area (Å²) in [6.07, 6.45) is 4.75. The zero-order chi connectivity index (χ0) is 24.0. The van der Waals surface area contributed by atoms with Crippen LogP contribution in [0.5, 0.6) is 5.75 Å². The molecule has 1 saturated heterocycles. The van der Waals surface area contributed by atoms with Crippen molar-refractivity contribution in [3.8, 4) is 23.0 Å². The van der Waals surface area contributed by atoms with Gasteiger partial charge >= 0.3 is 0 Å². The number of hydrogen-bond donors (Lipinski definition) is 0. The van der Waals surface area contributed by atoms with Gasteiger partial charge in [0.25, 0.3) is 0 Å². The van der Waals surface area contributed by atoms with Crippen LogP contribution in [0, 0.1) is 5.92 Å². The molecule has 1 amide bonds. The third kappa shape index (κ3) is 5.27. The number of methoxy groups -OCH3 is 1. The molecule has 3 heterocycles. The number of ether oxygens (including phenoxy) is 1. The fraction of sp³-hybridized carbons (Fsp3) is 0.296. The van der Waals surface area contributed by atoms with Crippen LogP contribution in [0.2, 0.25) is 0 Å². The maximum Gasteiger partial charge on any atom is 0.233 e. The number of hydrogen-bond acceptors (Lipinski definition) is 6. The molecule has 0 aliphatic carbocycles. The second-order valence-electron chi connectivity index (χ2n) is 8.59. The van der Waals surface area contributed by atoms with Crippen molar-refractivity contribution >= 4 is 17.7 Å². The number of nitrogens with zero attached hydrogens (tertiary/aromatic N) is 4. The van der Waals surface area contributed by atoms with Crippen molar-refractivity contribution in [2.24, 2.45) is 5.92 Å². The van der Waals surface area contributed by atoms with Crippen LogP contribution in [-0.2, 0) is 11.2 Å². The largest absolute Gasteiger partial charge is 0.495 e. The summed E-state index contributed by atoms with van der Waals surface area (Å²) >= 11 is 1.39. The van der Waals surface area contributed by atoms with E-state index in [0.717, 1.165) is 38.0 Å². The molecule has 0 bridgehead atoms. The Hall–Kier alpha value is -3.52. The second-order valence-corrected chi connectivity index (χ2v) is 9.54. The minimum atomic E-state index is 0.127. The van der Waals surface area contributed by atoms with E-state index in [2.05, 4.69) is 40.5 Å². The number of aromatic nitrogens is 3. The maximum atomic E-state index is 13.0. The lowest BCUT2D eigenvalue weighted by Crippen LogP contribution is -2.39. The molecule has 0 radical (unpaired) electrons. The van der Waals surface area contributed by atoms with Crippen LogP contribution >= 0.6 is 11.8 Å².